The molecule has 5 nitrogen and oxygen atoms in total. The molecule has 6 heteroatoms. The predicted octanol–water partition coefficient (Wildman–Crippen LogP) is 1.62. The molecule has 0 unspecified atom stereocenters. The van der Waals surface area contributed by atoms with Crippen molar-refractivity contribution in [1.82, 2.24) is 9.97 Å². The summed E-state index contributed by atoms with van der Waals surface area (Å²) in [5.74, 6) is 0.467. The van der Waals surface area contributed by atoms with Crippen molar-refractivity contribution in [2.75, 3.05) is 38.3 Å². The van der Waals surface area contributed by atoms with Crippen molar-refractivity contribution in [3.8, 4) is 0 Å². The Morgan fingerprint density at radius 2 is 2.35 bits per heavy atom. The average Bonchev–Trinajstić information content (AvgIpc) is 2.47. The molecule has 3 rings (SSSR count). The number of fused-ring (bicyclic) bond motifs is 1. The van der Waals surface area contributed by atoms with Gasteiger partial charge < -0.3 is 14.4 Å². The van der Waals surface area contributed by atoms with Gasteiger partial charge in [-0.25, -0.2) is 14.4 Å². The summed E-state index contributed by atoms with van der Waals surface area (Å²) in [6.07, 6.45) is 1.52. The summed E-state index contributed by atoms with van der Waals surface area (Å²) < 4.78 is 24.2. The maximum absolute atomic E-state index is 13.5. The van der Waals surface area contributed by atoms with Gasteiger partial charge in [-0.1, -0.05) is 0 Å². The molecular formula is C14H16FN3O2. The monoisotopic (exact) mass is 277 g/mol. The molecule has 1 aliphatic heterocycles. The van der Waals surface area contributed by atoms with Crippen molar-refractivity contribution in [1.29, 1.82) is 0 Å². The fourth-order valence-electron chi connectivity index (χ4n) is 2.47. The molecule has 0 saturated carbocycles. The van der Waals surface area contributed by atoms with E-state index in [1.807, 2.05) is 0 Å². The summed E-state index contributed by atoms with van der Waals surface area (Å²) in [6.45, 7) is 2.54. The minimum Gasteiger partial charge on any atom is -0.382 e. The number of morpholine rings is 1. The molecule has 0 amide bonds. The molecule has 1 aromatic carbocycles. The van der Waals surface area contributed by atoms with Crippen molar-refractivity contribution < 1.29 is 13.9 Å². The van der Waals surface area contributed by atoms with Crippen LogP contribution in [-0.2, 0) is 9.47 Å². The standard InChI is InChI=1S/C14H16FN3O2/c1-19-8-11-7-18(4-5-20-11)14-12-6-10(15)2-3-13(12)16-9-17-14/h2-3,6,9,11H,4-5,7-8H2,1H3/t11-/m0/s1. The lowest BCUT2D eigenvalue weighted by molar-refractivity contribution is -0.0101. The lowest BCUT2D eigenvalue weighted by Crippen LogP contribution is -2.44. The number of hydrogen-bond acceptors (Lipinski definition) is 5. The summed E-state index contributed by atoms with van der Waals surface area (Å²) >= 11 is 0. The molecule has 1 aromatic heterocycles. The first kappa shape index (κ1) is 13.2. The molecule has 1 fully saturated rings. The number of benzene rings is 1. The third kappa shape index (κ3) is 2.57. The van der Waals surface area contributed by atoms with Gasteiger partial charge in [-0.2, -0.15) is 0 Å². The second-order valence-electron chi connectivity index (χ2n) is 4.75. The van der Waals surface area contributed by atoms with Crippen LogP contribution in [0.25, 0.3) is 10.9 Å². The van der Waals surface area contributed by atoms with Crippen molar-refractivity contribution >= 4 is 16.7 Å². The van der Waals surface area contributed by atoms with Gasteiger partial charge in [0, 0.05) is 25.6 Å². The summed E-state index contributed by atoms with van der Waals surface area (Å²) in [4.78, 5) is 10.6. The highest BCUT2D eigenvalue weighted by molar-refractivity contribution is 5.89. The van der Waals surface area contributed by atoms with Gasteiger partial charge in [0.15, 0.2) is 0 Å². The fourth-order valence-corrected chi connectivity index (χ4v) is 2.47. The maximum Gasteiger partial charge on any atom is 0.140 e. The Morgan fingerprint density at radius 3 is 3.20 bits per heavy atom. The van der Waals surface area contributed by atoms with Crippen molar-refractivity contribution in [3.63, 3.8) is 0 Å². The zero-order valence-electron chi connectivity index (χ0n) is 11.3. The van der Waals surface area contributed by atoms with Crippen LogP contribution in [0.1, 0.15) is 0 Å². The number of ether oxygens (including phenoxy) is 2. The number of nitrogens with zero attached hydrogens (tertiary/aromatic N) is 3. The predicted molar refractivity (Wildman–Crippen MR) is 73.3 cm³/mol. The van der Waals surface area contributed by atoms with Crippen LogP contribution in [0, 0.1) is 5.82 Å². The van der Waals surface area contributed by atoms with Gasteiger partial charge in [0.25, 0.3) is 0 Å². The number of aromatic nitrogens is 2. The summed E-state index contributed by atoms with van der Waals surface area (Å²) in [7, 11) is 1.65. The third-order valence-electron chi connectivity index (χ3n) is 3.37. The molecule has 1 saturated heterocycles. The Balaban J connectivity index is 1.94. The van der Waals surface area contributed by atoms with E-state index in [4.69, 9.17) is 9.47 Å². The first-order chi connectivity index (χ1) is 9.78. The Bertz CT molecular complexity index is 606. The molecule has 0 N–H and O–H groups in total. The van der Waals surface area contributed by atoms with Crippen molar-refractivity contribution in [2.24, 2.45) is 0 Å². The van der Waals surface area contributed by atoms with Crippen LogP contribution in [0.15, 0.2) is 24.5 Å². The van der Waals surface area contributed by atoms with E-state index in [2.05, 4.69) is 14.9 Å². The SMILES string of the molecule is COC[C@@H]1CN(c2ncnc3ccc(F)cc23)CCO1. The van der Waals surface area contributed by atoms with E-state index in [1.54, 1.807) is 13.2 Å². The largest absolute Gasteiger partial charge is 0.382 e. The summed E-state index contributed by atoms with van der Waals surface area (Å²) in [5, 5.41) is 0.727. The van der Waals surface area contributed by atoms with Gasteiger partial charge >= 0.3 is 0 Å². The number of hydrogen-bond donors (Lipinski definition) is 0. The van der Waals surface area contributed by atoms with Gasteiger partial charge in [0.1, 0.15) is 18.0 Å². The molecule has 1 atom stereocenters. The Kier molecular flexibility index (Phi) is 3.75. The fraction of sp³-hybridized carbons (Fsp3) is 0.429. The van der Waals surface area contributed by atoms with Crippen molar-refractivity contribution in [3.05, 3.63) is 30.3 Å². The normalized spacial score (nSPS) is 19.5. The highest BCUT2D eigenvalue weighted by Gasteiger charge is 2.23. The second-order valence-corrected chi connectivity index (χ2v) is 4.75. The summed E-state index contributed by atoms with van der Waals surface area (Å²) in [5.41, 5.74) is 0.742. The average molecular weight is 277 g/mol. The Labute approximate surface area is 116 Å². The van der Waals surface area contributed by atoms with Crippen LogP contribution < -0.4 is 4.90 Å². The number of halogens is 1. The Hall–Kier alpha value is -1.79. The zero-order chi connectivity index (χ0) is 13.9. The van der Waals surface area contributed by atoms with Gasteiger partial charge in [-0.3, -0.25) is 0 Å². The van der Waals surface area contributed by atoms with Gasteiger partial charge in [0.05, 0.1) is 24.8 Å². The van der Waals surface area contributed by atoms with Gasteiger partial charge in [-0.15, -0.1) is 0 Å². The van der Waals surface area contributed by atoms with E-state index in [0.29, 0.717) is 19.8 Å². The van der Waals surface area contributed by atoms with Crippen LogP contribution in [0.4, 0.5) is 10.2 Å². The smallest absolute Gasteiger partial charge is 0.140 e. The lowest BCUT2D eigenvalue weighted by Gasteiger charge is -2.33. The number of methoxy groups -OCH3 is 1. The zero-order valence-corrected chi connectivity index (χ0v) is 11.3. The molecule has 0 bridgehead atoms. The highest BCUT2D eigenvalue weighted by atomic mass is 19.1. The minimum atomic E-state index is -0.282. The lowest BCUT2D eigenvalue weighted by atomic mass is 10.2. The van der Waals surface area contributed by atoms with E-state index < -0.39 is 0 Å². The molecular weight excluding hydrogens is 261 g/mol. The first-order valence-corrected chi connectivity index (χ1v) is 6.53. The first-order valence-electron chi connectivity index (χ1n) is 6.53. The Morgan fingerprint density at radius 1 is 1.45 bits per heavy atom. The van der Waals surface area contributed by atoms with Crippen LogP contribution in [0.3, 0.4) is 0 Å². The second kappa shape index (κ2) is 5.68. The van der Waals surface area contributed by atoms with E-state index in [1.165, 1.54) is 18.5 Å². The number of rotatable bonds is 3. The third-order valence-corrected chi connectivity index (χ3v) is 3.37. The topological polar surface area (TPSA) is 47.5 Å². The van der Waals surface area contributed by atoms with Crippen molar-refractivity contribution in [2.45, 2.75) is 6.10 Å². The highest BCUT2D eigenvalue weighted by Crippen LogP contribution is 2.25. The van der Waals surface area contributed by atoms with E-state index in [9.17, 15) is 4.39 Å². The van der Waals surface area contributed by atoms with E-state index in [-0.39, 0.29) is 11.9 Å². The molecule has 0 spiro atoms. The molecule has 1 aliphatic rings. The number of anilines is 1. The van der Waals surface area contributed by atoms with Crippen LogP contribution in [-0.4, -0.2) is 49.5 Å². The summed E-state index contributed by atoms with van der Waals surface area (Å²) in [6, 6.07) is 4.56. The van der Waals surface area contributed by atoms with Crippen LogP contribution in [0.2, 0.25) is 0 Å². The molecule has 2 heterocycles. The van der Waals surface area contributed by atoms with Gasteiger partial charge in [0.2, 0.25) is 0 Å². The molecule has 0 radical (unpaired) electrons. The van der Waals surface area contributed by atoms with Gasteiger partial charge in [-0.05, 0) is 18.2 Å². The molecule has 2 aromatic rings. The van der Waals surface area contributed by atoms with E-state index in [0.717, 1.165) is 23.3 Å². The maximum atomic E-state index is 13.5. The molecule has 106 valence electrons. The van der Waals surface area contributed by atoms with Crippen LogP contribution >= 0.6 is 0 Å². The molecule has 0 aliphatic carbocycles. The van der Waals surface area contributed by atoms with Crippen LogP contribution in [0.5, 0.6) is 0 Å². The minimum absolute atomic E-state index is 0.00678. The van der Waals surface area contributed by atoms with E-state index >= 15 is 0 Å². The quantitative estimate of drug-likeness (QED) is 0.853. The molecule has 20 heavy (non-hydrogen) atoms.